The number of nitrogens with one attached hydrogen (secondary N) is 1. The first kappa shape index (κ1) is 13.1. The number of hydrogen-bond acceptors (Lipinski definition) is 5. The highest BCUT2D eigenvalue weighted by Crippen LogP contribution is 2.30. The Morgan fingerprint density at radius 3 is 2.78 bits per heavy atom. The molecule has 0 atom stereocenters. The van der Waals surface area contributed by atoms with Crippen LogP contribution in [0.5, 0.6) is 11.5 Å². The molecule has 1 aromatic carbocycles. The van der Waals surface area contributed by atoms with E-state index in [9.17, 15) is 0 Å². The first-order chi connectivity index (χ1) is 8.83. The van der Waals surface area contributed by atoms with Gasteiger partial charge in [0.15, 0.2) is 11.5 Å². The molecule has 0 saturated carbocycles. The van der Waals surface area contributed by atoms with Crippen LogP contribution in [0, 0.1) is 0 Å². The van der Waals surface area contributed by atoms with Crippen molar-refractivity contribution in [2.75, 3.05) is 20.3 Å². The van der Waals surface area contributed by atoms with E-state index >= 15 is 0 Å². The van der Waals surface area contributed by atoms with Gasteiger partial charge >= 0.3 is 0 Å². The molecule has 1 heterocycles. The Morgan fingerprint density at radius 1 is 1.33 bits per heavy atom. The van der Waals surface area contributed by atoms with Crippen LogP contribution in [0.4, 0.5) is 0 Å². The van der Waals surface area contributed by atoms with Crippen molar-refractivity contribution in [3.8, 4) is 11.5 Å². The molecule has 1 aromatic rings. The molecule has 1 aliphatic rings. The maximum atomic E-state index is 8.68. The van der Waals surface area contributed by atoms with E-state index in [2.05, 4.69) is 5.48 Å². The molecular formula is C13H19NO4. The minimum atomic E-state index is 0.189. The summed E-state index contributed by atoms with van der Waals surface area (Å²) in [7, 11) is 1.61. The third-order valence-electron chi connectivity index (χ3n) is 2.97. The molecular weight excluding hydrogens is 234 g/mol. The van der Waals surface area contributed by atoms with Crippen LogP contribution in [0.3, 0.4) is 0 Å². The molecule has 1 saturated heterocycles. The lowest BCUT2D eigenvalue weighted by atomic mass is 10.1. The molecule has 2 N–H and O–H groups in total. The molecule has 18 heavy (non-hydrogen) atoms. The Kier molecular flexibility index (Phi) is 4.81. The third-order valence-corrected chi connectivity index (χ3v) is 2.97. The van der Waals surface area contributed by atoms with E-state index in [1.54, 1.807) is 7.11 Å². The van der Waals surface area contributed by atoms with Crippen LogP contribution >= 0.6 is 0 Å². The fourth-order valence-corrected chi connectivity index (χ4v) is 1.98. The Balaban J connectivity index is 2.06. The molecule has 0 aliphatic carbocycles. The Hall–Kier alpha value is -1.30. The van der Waals surface area contributed by atoms with Crippen molar-refractivity contribution < 1.29 is 19.4 Å². The van der Waals surface area contributed by atoms with Gasteiger partial charge in [-0.2, -0.15) is 0 Å². The van der Waals surface area contributed by atoms with Gasteiger partial charge in [-0.1, -0.05) is 6.07 Å². The molecule has 0 aromatic heterocycles. The summed E-state index contributed by atoms with van der Waals surface area (Å²) >= 11 is 0. The lowest BCUT2D eigenvalue weighted by molar-refractivity contribution is 0.0245. The number of benzene rings is 1. The Bertz CT molecular complexity index is 377. The highest BCUT2D eigenvalue weighted by atomic mass is 16.5. The van der Waals surface area contributed by atoms with Crippen molar-refractivity contribution in [1.82, 2.24) is 5.48 Å². The van der Waals surface area contributed by atoms with E-state index in [4.69, 9.17) is 19.4 Å². The van der Waals surface area contributed by atoms with Gasteiger partial charge in [0.1, 0.15) is 6.10 Å². The monoisotopic (exact) mass is 253 g/mol. The van der Waals surface area contributed by atoms with Crippen molar-refractivity contribution in [2.24, 2.45) is 0 Å². The number of rotatable bonds is 5. The molecule has 0 radical (unpaired) electrons. The lowest BCUT2D eigenvalue weighted by Crippen LogP contribution is -2.26. The molecule has 1 aliphatic heterocycles. The normalized spacial score (nSPS) is 16.6. The fraction of sp³-hybridized carbons (Fsp3) is 0.538. The largest absolute Gasteiger partial charge is 0.493 e. The third kappa shape index (κ3) is 3.35. The molecule has 2 rings (SSSR count). The summed E-state index contributed by atoms with van der Waals surface area (Å²) in [5.74, 6) is 1.43. The van der Waals surface area contributed by atoms with Crippen LogP contribution in [0.15, 0.2) is 18.2 Å². The summed E-state index contributed by atoms with van der Waals surface area (Å²) in [5.41, 5.74) is 3.06. The molecule has 0 amide bonds. The van der Waals surface area contributed by atoms with E-state index in [0.717, 1.165) is 37.4 Å². The maximum absolute atomic E-state index is 8.68. The highest BCUT2D eigenvalue weighted by Gasteiger charge is 2.17. The molecule has 0 unspecified atom stereocenters. The summed E-state index contributed by atoms with van der Waals surface area (Å²) in [6, 6.07) is 5.64. The second kappa shape index (κ2) is 6.58. The van der Waals surface area contributed by atoms with Crippen LogP contribution in [-0.4, -0.2) is 31.6 Å². The minimum absolute atomic E-state index is 0.189. The fourth-order valence-electron chi connectivity index (χ4n) is 1.98. The van der Waals surface area contributed by atoms with Crippen molar-refractivity contribution in [3.05, 3.63) is 23.8 Å². The Labute approximate surface area is 107 Å². The van der Waals surface area contributed by atoms with Gasteiger partial charge < -0.3 is 19.4 Å². The summed E-state index contributed by atoms with van der Waals surface area (Å²) in [5, 5.41) is 8.68. The molecule has 1 fully saturated rings. The Morgan fingerprint density at radius 2 is 2.11 bits per heavy atom. The first-order valence-corrected chi connectivity index (χ1v) is 6.11. The second-order valence-electron chi connectivity index (χ2n) is 4.25. The maximum Gasteiger partial charge on any atom is 0.161 e. The van der Waals surface area contributed by atoms with Crippen LogP contribution in [-0.2, 0) is 11.3 Å². The van der Waals surface area contributed by atoms with E-state index in [-0.39, 0.29) is 6.10 Å². The van der Waals surface area contributed by atoms with Crippen molar-refractivity contribution in [2.45, 2.75) is 25.5 Å². The van der Waals surface area contributed by atoms with Crippen LogP contribution in [0.25, 0.3) is 0 Å². The predicted octanol–water partition coefficient (Wildman–Crippen LogP) is 1.73. The number of ether oxygens (including phenoxy) is 3. The number of hydroxylamine groups is 1. The van der Waals surface area contributed by atoms with Crippen molar-refractivity contribution in [1.29, 1.82) is 0 Å². The first-order valence-electron chi connectivity index (χ1n) is 6.11. The minimum Gasteiger partial charge on any atom is -0.493 e. The topological polar surface area (TPSA) is 60.0 Å². The van der Waals surface area contributed by atoms with E-state index in [0.29, 0.717) is 12.3 Å². The zero-order valence-corrected chi connectivity index (χ0v) is 10.5. The van der Waals surface area contributed by atoms with Gasteiger partial charge in [0.25, 0.3) is 0 Å². The lowest BCUT2D eigenvalue weighted by Gasteiger charge is -2.24. The van der Waals surface area contributed by atoms with Gasteiger partial charge in [0, 0.05) is 19.4 Å². The molecule has 100 valence electrons. The van der Waals surface area contributed by atoms with E-state index in [1.165, 1.54) is 0 Å². The second-order valence-corrected chi connectivity index (χ2v) is 4.25. The van der Waals surface area contributed by atoms with E-state index in [1.807, 2.05) is 18.2 Å². The van der Waals surface area contributed by atoms with Crippen LogP contribution in [0.2, 0.25) is 0 Å². The standard InChI is InChI=1S/C13H19NO4/c1-16-13-8-10(9-14-15)2-3-12(13)18-11-4-6-17-7-5-11/h2-3,8,11,14-15H,4-7,9H2,1H3. The summed E-state index contributed by atoms with van der Waals surface area (Å²) < 4.78 is 16.5. The highest BCUT2D eigenvalue weighted by molar-refractivity contribution is 5.43. The summed E-state index contributed by atoms with van der Waals surface area (Å²) in [4.78, 5) is 0. The molecule has 5 nitrogen and oxygen atoms in total. The average molecular weight is 253 g/mol. The zero-order valence-electron chi connectivity index (χ0n) is 10.5. The van der Waals surface area contributed by atoms with Crippen LogP contribution in [0.1, 0.15) is 18.4 Å². The number of hydrogen-bond donors (Lipinski definition) is 2. The molecule has 0 bridgehead atoms. The van der Waals surface area contributed by atoms with Gasteiger partial charge in [0.05, 0.1) is 20.3 Å². The van der Waals surface area contributed by atoms with Gasteiger partial charge in [-0.15, -0.1) is 0 Å². The van der Waals surface area contributed by atoms with Gasteiger partial charge in [-0.3, -0.25) is 0 Å². The molecule has 5 heteroatoms. The van der Waals surface area contributed by atoms with Gasteiger partial charge in [-0.05, 0) is 17.7 Å². The SMILES string of the molecule is COc1cc(CNO)ccc1OC1CCOCC1. The van der Waals surface area contributed by atoms with Crippen molar-refractivity contribution >= 4 is 0 Å². The van der Waals surface area contributed by atoms with Gasteiger partial charge in [-0.25, -0.2) is 5.48 Å². The zero-order chi connectivity index (χ0) is 12.8. The van der Waals surface area contributed by atoms with Gasteiger partial charge in [0.2, 0.25) is 0 Å². The van der Waals surface area contributed by atoms with E-state index < -0.39 is 0 Å². The average Bonchev–Trinajstić information content (AvgIpc) is 2.42. The number of methoxy groups -OCH3 is 1. The molecule has 0 spiro atoms. The summed E-state index contributed by atoms with van der Waals surface area (Å²) in [6.07, 6.45) is 2.00. The summed E-state index contributed by atoms with van der Waals surface area (Å²) in [6.45, 7) is 1.88. The smallest absolute Gasteiger partial charge is 0.161 e. The quantitative estimate of drug-likeness (QED) is 0.783. The van der Waals surface area contributed by atoms with Crippen LogP contribution < -0.4 is 15.0 Å². The predicted molar refractivity (Wildman–Crippen MR) is 66.1 cm³/mol. The van der Waals surface area contributed by atoms with Crippen molar-refractivity contribution in [3.63, 3.8) is 0 Å².